The molecule has 3 aromatic rings. The van der Waals surface area contributed by atoms with Crippen LogP contribution in [-0.4, -0.2) is 44.4 Å². The predicted octanol–water partition coefficient (Wildman–Crippen LogP) is 3.93. The summed E-state index contributed by atoms with van der Waals surface area (Å²) in [5.41, 5.74) is 4.55. The van der Waals surface area contributed by atoms with Crippen molar-refractivity contribution in [3.8, 4) is 34.3 Å². The maximum Gasteiger partial charge on any atom is 0.189 e. The van der Waals surface area contributed by atoms with Gasteiger partial charge in [0, 0.05) is 29.2 Å². The van der Waals surface area contributed by atoms with Gasteiger partial charge in [-0.25, -0.2) is 0 Å². The van der Waals surface area contributed by atoms with Gasteiger partial charge < -0.3 is 18.9 Å². The second-order valence-electron chi connectivity index (χ2n) is 6.85. The third kappa shape index (κ3) is 3.50. The van der Waals surface area contributed by atoms with Gasteiger partial charge in [0.2, 0.25) is 0 Å². The lowest BCUT2D eigenvalue weighted by atomic mass is 10.1. The lowest BCUT2D eigenvalue weighted by molar-refractivity contribution is 0.104. The standard InChI is InChI=1S/C23H22N2O5/c1-27-17-7-14(8-18(11-17)28-2)20-10-16(24-25-20)6-15-5-13-9-21(29-3)22(30-4)12-19(13)23(15)26/h6-12H,5H2,1-4H3,(H,24,25)/b15-6+. The molecule has 0 bridgehead atoms. The highest BCUT2D eigenvalue weighted by molar-refractivity contribution is 6.15. The van der Waals surface area contributed by atoms with Crippen LogP contribution in [-0.2, 0) is 6.42 Å². The van der Waals surface area contributed by atoms with Crippen molar-refractivity contribution in [2.24, 2.45) is 0 Å². The number of hydrogen-bond donors (Lipinski definition) is 1. The number of H-pyrrole nitrogens is 1. The molecule has 0 saturated heterocycles. The molecule has 1 N–H and O–H groups in total. The first kappa shape index (κ1) is 19.6. The Morgan fingerprint density at radius 3 is 2.17 bits per heavy atom. The number of nitrogens with zero attached hydrogens (tertiary/aromatic N) is 1. The number of ketones is 1. The van der Waals surface area contributed by atoms with E-state index in [2.05, 4.69) is 10.2 Å². The second kappa shape index (κ2) is 7.94. The van der Waals surface area contributed by atoms with E-state index in [1.54, 1.807) is 40.6 Å². The van der Waals surface area contributed by atoms with Crippen LogP contribution in [0.15, 0.2) is 42.0 Å². The monoisotopic (exact) mass is 406 g/mol. The van der Waals surface area contributed by atoms with Crippen LogP contribution < -0.4 is 18.9 Å². The lowest BCUT2D eigenvalue weighted by Gasteiger charge is -2.08. The molecule has 154 valence electrons. The van der Waals surface area contributed by atoms with Crippen molar-refractivity contribution in [1.82, 2.24) is 10.2 Å². The summed E-state index contributed by atoms with van der Waals surface area (Å²) in [6.45, 7) is 0. The zero-order valence-electron chi connectivity index (χ0n) is 17.2. The molecule has 1 aliphatic carbocycles. The van der Waals surface area contributed by atoms with Gasteiger partial charge in [0.15, 0.2) is 17.3 Å². The summed E-state index contributed by atoms with van der Waals surface area (Å²) in [7, 11) is 6.34. The van der Waals surface area contributed by atoms with Crippen molar-refractivity contribution in [2.45, 2.75) is 6.42 Å². The maximum absolute atomic E-state index is 12.9. The Morgan fingerprint density at radius 2 is 1.53 bits per heavy atom. The summed E-state index contributed by atoms with van der Waals surface area (Å²) in [5, 5.41) is 7.37. The van der Waals surface area contributed by atoms with E-state index in [4.69, 9.17) is 18.9 Å². The summed E-state index contributed by atoms with van der Waals surface area (Å²) < 4.78 is 21.3. The summed E-state index contributed by atoms with van der Waals surface area (Å²) in [6, 6.07) is 11.0. The van der Waals surface area contributed by atoms with E-state index in [1.165, 1.54) is 0 Å². The molecule has 1 aromatic heterocycles. The molecular weight excluding hydrogens is 384 g/mol. The number of allylic oxidation sites excluding steroid dienone is 1. The van der Waals surface area contributed by atoms with Crippen LogP contribution in [0.4, 0.5) is 0 Å². The van der Waals surface area contributed by atoms with E-state index in [-0.39, 0.29) is 5.78 Å². The Labute approximate surface area is 174 Å². The SMILES string of the molecule is COc1cc(OC)cc(-c2cc(/C=C3\Cc4cc(OC)c(OC)cc4C3=O)[nH]n2)c1. The second-order valence-corrected chi connectivity index (χ2v) is 6.85. The first-order chi connectivity index (χ1) is 14.6. The summed E-state index contributed by atoms with van der Waals surface area (Å²) in [4.78, 5) is 12.9. The molecule has 30 heavy (non-hydrogen) atoms. The van der Waals surface area contributed by atoms with E-state index < -0.39 is 0 Å². The molecule has 4 rings (SSSR count). The molecule has 0 radical (unpaired) electrons. The van der Waals surface area contributed by atoms with Gasteiger partial charge in [0.25, 0.3) is 0 Å². The minimum atomic E-state index is -0.0230. The fourth-order valence-corrected chi connectivity index (χ4v) is 3.56. The van der Waals surface area contributed by atoms with E-state index in [0.717, 1.165) is 22.5 Å². The van der Waals surface area contributed by atoms with E-state index in [1.807, 2.05) is 30.3 Å². The van der Waals surface area contributed by atoms with Gasteiger partial charge in [0.1, 0.15) is 11.5 Å². The summed E-state index contributed by atoms with van der Waals surface area (Å²) in [6.07, 6.45) is 2.35. The molecule has 0 atom stereocenters. The van der Waals surface area contributed by atoms with Gasteiger partial charge in [-0.3, -0.25) is 9.89 Å². The van der Waals surface area contributed by atoms with Gasteiger partial charge in [-0.15, -0.1) is 0 Å². The van der Waals surface area contributed by atoms with Gasteiger partial charge in [-0.1, -0.05) is 0 Å². The largest absolute Gasteiger partial charge is 0.497 e. The molecule has 1 aliphatic rings. The number of rotatable bonds is 6. The molecule has 1 heterocycles. The van der Waals surface area contributed by atoms with E-state index >= 15 is 0 Å². The van der Waals surface area contributed by atoms with Crippen LogP contribution in [0.1, 0.15) is 21.6 Å². The Bertz CT molecular complexity index is 1120. The quantitative estimate of drug-likeness (QED) is 0.625. The molecule has 0 amide bonds. The lowest BCUT2D eigenvalue weighted by Crippen LogP contribution is -1.97. The third-order valence-corrected chi connectivity index (χ3v) is 5.10. The van der Waals surface area contributed by atoms with Crippen molar-refractivity contribution in [2.75, 3.05) is 28.4 Å². The van der Waals surface area contributed by atoms with Gasteiger partial charge in [-0.05, 0) is 42.0 Å². The highest BCUT2D eigenvalue weighted by Gasteiger charge is 2.27. The number of hydrogen-bond acceptors (Lipinski definition) is 6. The number of benzene rings is 2. The van der Waals surface area contributed by atoms with Crippen LogP contribution in [0.2, 0.25) is 0 Å². The number of ether oxygens (including phenoxy) is 4. The molecular formula is C23H22N2O5. The molecule has 0 aliphatic heterocycles. The first-order valence-electron chi connectivity index (χ1n) is 9.35. The third-order valence-electron chi connectivity index (χ3n) is 5.10. The zero-order valence-corrected chi connectivity index (χ0v) is 17.2. The maximum atomic E-state index is 12.9. The topological polar surface area (TPSA) is 82.7 Å². The van der Waals surface area contributed by atoms with Gasteiger partial charge in [-0.2, -0.15) is 5.10 Å². The number of aromatic amines is 1. The van der Waals surface area contributed by atoms with Crippen LogP contribution in [0.25, 0.3) is 17.3 Å². The average Bonchev–Trinajstić information content (AvgIpc) is 3.37. The number of methoxy groups -OCH3 is 4. The number of carbonyl (C=O) groups is 1. The molecule has 0 fully saturated rings. The first-order valence-corrected chi connectivity index (χ1v) is 9.35. The summed E-state index contributed by atoms with van der Waals surface area (Å²) in [5.74, 6) is 2.49. The van der Waals surface area contributed by atoms with Crippen molar-refractivity contribution in [3.63, 3.8) is 0 Å². The van der Waals surface area contributed by atoms with Crippen LogP contribution in [0, 0.1) is 0 Å². The average molecular weight is 406 g/mol. The molecule has 7 heteroatoms. The van der Waals surface area contributed by atoms with Crippen molar-refractivity contribution in [3.05, 3.63) is 58.8 Å². The number of fused-ring (bicyclic) bond motifs is 1. The minimum Gasteiger partial charge on any atom is -0.497 e. The van der Waals surface area contributed by atoms with Crippen molar-refractivity contribution < 1.29 is 23.7 Å². The Balaban J connectivity index is 1.64. The Hall–Kier alpha value is -3.74. The molecule has 2 aromatic carbocycles. The minimum absolute atomic E-state index is 0.0230. The van der Waals surface area contributed by atoms with Crippen molar-refractivity contribution >= 4 is 11.9 Å². The van der Waals surface area contributed by atoms with Crippen LogP contribution in [0.5, 0.6) is 23.0 Å². The fourth-order valence-electron chi connectivity index (χ4n) is 3.56. The Morgan fingerprint density at radius 1 is 0.867 bits per heavy atom. The predicted molar refractivity (Wildman–Crippen MR) is 113 cm³/mol. The zero-order chi connectivity index (χ0) is 21.3. The normalized spacial score (nSPS) is 14.0. The number of Topliss-reactive ketones (excluding diaryl/α,β-unsaturated/α-hetero) is 1. The molecule has 0 saturated carbocycles. The van der Waals surface area contributed by atoms with E-state index in [0.29, 0.717) is 40.6 Å². The number of nitrogens with one attached hydrogen (secondary N) is 1. The molecule has 7 nitrogen and oxygen atoms in total. The molecule has 0 unspecified atom stereocenters. The van der Waals surface area contributed by atoms with Crippen LogP contribution >= 0.6 is 0 Å². The molecule has 0 spiro atoms. The number of aromatic nitrogens is 2. The van der Waals surface area contributed by atoms with Crippen LogP contribution in [0.3, 0.4) is 0 Å². The number of carbonyl (C=O) groups excluding carboxylic acids is 1. The van der Waals surface area contributed by atoms with Gasteiger partial charge in [0.05, 0.1) is 39.8 Å². The summed E-state index contributed by atoms with van der Waals surface area (Å²) >= 11 is 0. The Kier molecular flexibility index (Phi) is 5.18. The van der Waals surface area contributed by atoms with Gasteiger partial charge >= 0.3 is 0 Å². The smallest absolute Gasteiger partial charge is 0.189 e. The van der Waals surface area contributed by atoms with E-state index in [9.17, 15) is 4.79 Å². The highest BCUT2D eigenvalue weighted by Crippen LogP contribution is 2.37. The fraction of sp³-hybridized carbons (Fsp3) is 0.217. The van der Waals surface area contributed by atoms with Crippen molar-refractivity contribution in [1.29, 1.82) is 0 Å². The highest BCUT2D eigenvalue weighted by atomic mass is 16.5.